The van der Waals surface area contributed by atoms with E-state index in [-0.39, 0.29) is 12.5 Å². The maximum atomic E-state index is 11.7. The fourth-order valence-corrected chi connectivity index (χ4v) is 3.03. The lowest BCUT2D eigenvalue weighted by atomic mass is 9.96. The van der Waals surface area contributed by atoms with Crippen LogP contribution in [-0.2, 0) is 13.0 Å². The number of carboxylic acids is 1. The average Bonchev–Trinajstić information content (AvgIpc) is 2.70. The van der Waals surface area contributed by atoms with Crippen molar-refractivity contribution in [1.29, 1.82) is 0 Å². The molecule has 2 aromatic rings. The van der Waals surface area contributed by atoms with Crippen molar-refractivity contribution in [2.45, 2.75) is 46.6 Å². The standard InChI is InChI=1S/C17H23NO3/c1-5-13-11(4)18(6-7-19)16-14(13)8-12(10(2)3)9-15(16)17(20)21/h8-10,19H,5-7H2,1-4H3,(H,20,21). The lowest BCUT2D eigenvalue weighted by Crippen LogP contribution is -2.08. The van der Waals surface area contributed by atoms with Gasteiger partial charge < -0.3 is 14.8 Å². The second kappa shape index (κ2) is 5.90. The van der Waals surface area contributed by atoms with Gasteiger partial charge in [-0.05, 0) is 42.5 Å². The first kappa shape index (κ1) is 15.6. The molecule has 114 valence electrons. The maximum Gasteiger partial charge on any atom is 0.337 e. The number of nitrogens with zero attached hydrogens (tertiary/aromatic N) is 1. The summed E-state index contributed by atoms with van der Waals surface area (Å²) in [6, 6.07) is 3.87. The Bertz CT molecular complexity index is 683. The van der Waals surface area contributed by atoms with E-state index in [2.05, 4.69) is 26.8 Å². The molecule has 0 bridgehead atoms. The van der Waals surface area contributed by atoms with Crippen molar-refractivity contribution in [3.05, 3.63) is 34.5 Å². The Morgan fingerprint density at radius 1 is 1.33 bits per heavy atom. The van der Waals surface area contributed by atoms with Gasteiger partial charge in [-0.3, -0.25) is 0 Å². The van der Waals surface area contributed by atoms with E-state index in [0.29, 0.717) is 12.1 Å². The van der Waals surface area contributed by atoms with Crippen LogP contribution in [0.1, 0.15) is 53.9 Å². The summed E-state index contributed by atoms with van der Waals surface area (Å²) in [6.45, 7) is 8.62. The highest BCUT2D eigenvalue weighted by Gasteiger charge is 2.20. The molecule has 0 unspecified atom stereocenters. The van der Waals surface area contributed by atoms with E-state index in [9.17, 15) is 15.0 Å². The van der Waals surface area contributed by atoms with Crippen LogP contribution in [0.15, 0.2) is 12.1 Å². The van der Waals surface area contributed by atoms with Crippen molar-refractivity contribution in [2.24, 2.45) is 0 Å². The van der Waals surface area contributed by atoms with Crippen LogP contribution in [0.25, 0.3) is 10.9 Å². The molecule has 0 radical (unpaired) electrons. The van der Waals surface area contributed by atoms with E-state index < -0.39 is 5.97 Å². The zero-order chi connectivity index (χ0) is 15.7. The summed E-state index contributed by atoms with van der Waals surface area (Å²) in [4.78, 5) is 11.7. The van der Waals surface area contributed by atoms with Crippen LogP contribution >= 0.6 is 0 Å². The monoisotopic (exact) mass is 289 g/mol. The van der Waals surface area contributed by atoms with Gasteiger partial charge in [-0.15, -0.1) is 0 Å². The Morgan fingerprint density at radius 2 is 2.00 bits per heavy atom. The Labute approximate surface area is 125 Å². The number of carbonyl (C=O) groups is 1. The average molecular weight is 289 g/mol. The third-order valence-corrected chi connectivity index (χ3v) is 4.14. The molecule has 0 fully saturated rings. The second-order valence-electron chi connectivity index (χ2n) is 5.72. The minimum Gasteiger partial charge on any atom is -0.478 e. The van der Waals surface area contributed by atoms with Crippen molar-refractivity contribution in [1.82, 2.24) is 4.57 Å². The molecular formula is C17H23NO3. The number of fused-ring (bicyclic) bond motifs is 1. The molecule has 0 aliphatic rings. The number of hydrogen-bond acceptors (Lipinski definition) is 2. The topological polar surface area (TPSA) is 62.5 Å². The molecule has 2 rings (SSSR count). The molecule has 1 aromatic carbocycles. The Morgan fingerprint density at radius 3 is 2.48 bits per heavy atom. The minimum atomic E-state index is -0.915. The van der Waals surface area contributed by atoms with Crippen LogP contribution in [-0.4, -0.2) is 27.4 Å². The lowest BCUT2D eigenvalue weighted by Gasteiger charge is -2.11. The van der Waals surface area contributed by atoms with Crippen molar-refractivity contribution < 1.29 is 15.0 Å². The number of hydrogen-bond donors (Lipinski definition) is 2. The van der Waals surface area contributed by atoms with Gasteiger partial charge in [0, 0.05) is 17.6 Å². The van der Waals surface area contributed by atoms with Gasteiger partial charge in [0.25, 0.3) is 0 Å². The molecule has 0 aliphatic carbocycles. The van der Waals surface area contributed by atoms with Gasteiger partial charge in [0.1, 0.15) is 0 Å². The molecule has 0 atom stereocenters. The first-order valence-corrected chi connectivity index (χ1v) is 7.42. The molecule has 4 nitrogen and oxygen atoms in total. The summed E-state index contributed by atoms with van der Waals surface area (Å²) in [6.07, 6.45) is 0.849. The molecule has 2 N–H and O–H groups in total. The van der Waals surface area contributed by atoms with E-state index in [0.717, 1.165) is 28.6 Å². The normalized spacial score (nSPS) is 11.5. The molecule has 0 spiro atoms. The number of aryl methyl sites for hydroxylation is 1. The lowest BCUT2D eigenvalue weighted by molar-refractivity contribution is 0.0698. The SMILES string of the molecule is CCc1c(C)n(CCO)c2c(C(=O)O)cc(C(C)C)cc12. The molecule has 21 heavy (non-hydrogen) atoms. The quantitative estimate of drug-likeness (QED) is 0.887. The van der Waals surface area contributed by atoms with Crippen molar-refractivity contribution >= 4 is 16.9 Å². The summed E-state index contributed by atoms with van der Waals surface area (Å²) < 4.78 is 1.93. The highest BCUT2D eigenvalue weighted by Crippen LogP contribution is 2.32. The number of rotatable bonds is 5. The Kier molecular flexibility index (Phi) is 4.37. The number of aliphatic hydroxyl groups excluding tert-OH is 1. The zero-order valence-electron chi connectivity index (χ0n) is 13.1. The molecule has 0 saturated heterocycles. The van der Waals surface area contributed by atoms with Gasteiger partial charge in [-0.1, -0.05) is 20.8 Å². The highest BCUT2D eigenvalue weighted by molar-refractivity contribution is 6.04. The first-order valence-electron chi connectivity index (χ1n) is 7.42. The number of aliphatic hydroxyl groups is 1. The Hall–Kier alpha value is -1.81. The van der Waals surface area contributed by atoms with Gasteiger partial charge in [0.2, 0.25) is 0 Å². The largest absolute Gasteiger partial charge is 0.478 e. The van der Waals surface area contributed by atoms with E-state index in [4.69, 9.17) is 0 Å². The summed E-state index contributed by atoms with van der Waals surface area (Å²) in [5.74, 6) is -0.638. The van der Waals surface area contributed by atoms with Gasteiger partial charge >= 0.3 is 5.97 Å². The van der Waals surface area contributed by atoms with Gasteiger partial charge in [0.15, 0.2) is 0 Å². The van der Waals surface area contributed by atoms with E-state index in [1.54, 1.807) is 6.07 Å². The van der Waals surface area contributed by atoms with Crippen molar-refractivity contribution in [3.63, 3.8) is 0 Å². The molecule has 1 aromatic heterocycles. The molecule has 0 saturated carbocycles. The Balaban J connectivity index is 2.92. The second-order valence-corrected chi connectivity index (χ2v) is 5.72. The van der Waals surface area contributed by atoms with Gasteiger partial charge in [-0.25, -0.2) is 4.79 Å². The number of aromatic nitrogens is 1. The molecule has 0 amide bonds. The molecule has 0 aliphatic heterocycles. The fraction of sp³-hybridized carbons (Fsp3) is 0.471. The minimum absolute atomic E-state index is 0.00122. The van der Waals surface area contributed by atoms with Gasteiger partial charge in [-0.2, -0.15) is 0 Å². The van der Waals surface area contributed by atoms with Crippen LogP contribution in [0.3, 0.4) is 0 Å². The summed E-state index contributed by atoms with van der Waals surface area (Å²) in [5, 5.41) is 19.9. The zero-order valence-corrected chi connectivity index (χ0v) is 13.1. The predicted octanol–water partition coefficient (Wildman–Crippen LogP) is 3.33. The summed E-state index contributed by atoms with van der Waals surface area (Å²) in [7, 11) is 0. The van der Waals surface area contributed by atoms with E-state index in [1.807, 2.05) is 11.5 Å². The number of carboxylic acid groups (broad SMARTS) is 1. The van der Waals surface area contributed by atoms with E-state index >= 15 is 0 Å². The van der Waals surface area contributed by atoms with Crippen LogP contribution in [0.4, 0.5) is 0 Å². The maximum absolute atomic E-state index is 11.7. The molecular weight excluding hydrogens is 266 g/mol. The van der Waals surface area contributed by atoms with Crippen LogP contribution in [0.5, 0.6) is 0 Å². The third kappa shape index (κ3) is 2.56. The van der Waals surface area contributed by atoms with Crippen LogP contribution in [0, 0.1) is 6.92 Å². The fourth-order valence-electron chi connectivity index (χ4n) is 3.03. The van der Waals surface area contributed by atoms with Crippen molar-refractivity contribution in [3.8, 4) is 0 Å². The smallest absolute Gasteiger partial charge is 0.337 e. The van der Waals surface area contributed by atoms with Gasteiger partial charge in [0.05, 0.1) is 17.7 Å². The number of aromatic carboxylic acids is 1. The summed E-state index contributed by atoms with van der Waals surface area (Å²) in [5.41, 5.74) is 4.31. The highest BCUT2D eigenvalue weighted by atomic mass is 16.4. The van der Waals surface area contributed by atoms with E-state index in [1.165, 1.54) is 5.56 Å². The first-order chi connectivity index (χ1) is 9.92. The van der Waals surface area contributed by atoms with Crippen molar-refractivity contribution in [2.75, 3.05) is 6.61 Å². The summed E-state index contributed by atoms with van der Waals surface area (Å²) >= 11 is 0. The third-order valence-electron chi connectivity index (χ3n) is 4.14. The molecule has 4 heteroatoms. The predicted molar refractivity (Wildman–Crippen MR) is 84.2 cm³/mol. The van der Waals surface area contributed by atoms with Crippen LogP contribution in [0.2, 0.25) is 0 Å². The molecule has 1 heterocycles. The number of benzene rings is 1. The van der Waals surface area contributed by atoms with Crippen LogP contribution < -0.4 is 0 Å².